The van der Waals surface area contributed by atoms with Crippen LogP contribution in [0.4, 0.5) is 21.4 Å². The van der Waals surface area contributed by atoms with E-state index in [9.17, 15) is 20.2 Å². The first-order chi connectivity index (χ1) is 5.95. The third-order valence-electron chi connectivity index (χ3n) is 1.27. The van der Waals surface area contributed by atoms with E-state index >= 15 is 0 Å². The number of rotatable bonds is 2. The van der Waals surface area contributed by atoms with Gasteiger partial charge in [-0.1, -0.05) is 0 Å². The summed E-state index contributed by atoms with van der Waals surface area (Å²) in [6, 6.07) is 0. The first-order valence-electron chi connectivity index (χ1n) is 2.91. The van der Waals surface area contributed by atoms with Crippen LogP contribution < -0.4 is 11.5 Å². The predicted molar refractivity (Wildman–Crippen MR) is 46.5 cm³/mol. The highest BCUT2D eigenvalue weighted by atomic mass is 32.1. The van der Waals surface area contributed by atoms with E-state index in [1.165, 1.54) is 0 Å². The summed E-state index contributed by atoms with van der Waals surface area (Å²) in [5.41, 5.74) is 9.25. The van der Waals surface area contributed by atoms with Crippen molar-refractivity contribution in [2.45, 2.75) is 0 Å². The fraction of sp³-hybridized carbons (Fsp3) is 0. The third-order valence-corrected chi connectivity index (χ3v) is 2.25. The first-order valence-corrected chi connectivity index (χ1v) is 3.73. The van der Waals surface area contributed by atoms with E-state index in [2.05, 4.69) is 0 Å². The van der Waals surface area contributed by atoms with Gasteiger partial charge < -0.3 is 11.5 Å². The van der Waals surface area contributed by atoms with Gasteiger partial charge in [0.15, 0.2) is 5.00 Å². The summed E-state index contributed by atoms with van der Waals surface area (Å²) >= 11 is 0.489. The van der Waals surface area contributed by atoms with Crippen LogP contribution in [0.15, 0.2) is 0 Å². The fourth-order valence-electron chi connectivity index (χ4n) is 0.765. The Morgan fingerprint density at radius 2 is 1.69 bits per heavy atom. The molecule has 0 bridgehead atoms. The largest absolute Gasteiger partial charge is 0.387 e. The number of nitro groups is 2. The van der Waals surface area contributed by atoms with Gasteiger partial charge in [0.1, 0.15) is 0 Å². The second-order valence-electron chi connectivity index (χ2n) is 2.05. The van der Waals surface area contributed by atoms with E-state index in [0.29, 0.717) is 11.3 Å². The van der Waals surface area contributed by atoms with Crippen LogP contribution in [0.2, 0.25) is 0 Å². The molecule has 0 atom stereocenters. The Morgan fingerprint density at radius 3 is 1.92 bits per heavy atom. The zero-order chi connectivity index (χ0) is 10.2. The molecule has 0 spiro atoms. The molecule has 1 rings (SSSR count). The third kappa shape index (κ3) is 1.36. The molecule has 0 fully saturated rings. The van der Waals surface area contributed by atoms with Crippen molar-refractivity contribution < 1.29 is 9.85 Å². The Balaban J connectivity index is 3.39. The highest BCUT2D eigenvalue weighted by molar-refractivity contribution is 7.20. The Labute approximate surface area is 75.1 Å². The van der Waals surface area contributed by atoms with E-state index in [4.69, 9.17) is 11.5 Å². The zero-order valence-corrected chi connectivity index (χ0v) is 6.91. The minimum absolute atomic E-state index is 0.255. The summed E-state index contributed by atoms with van der Waals surface area (Å²) in [5, 5.41) is 19.8. The lowest BCUT2D eigenvalue weighted by atomic mass is 10.4. The van der Waals surface area contributed by atoms with Crippen LogP contribution in [0.1, 0.15) is 0 Å². The standard InChI is InChI=1S/C4H4N4O4S/c5-1-2(7(9)10)3(6)13-4(1)8(11)12/h5-6H2. The molecule has 70 valence electrons. The molecular formula is C4H4N4O4S. The predicted octanol–water partition coefficient (Wildman–Crippen LogP) is 0.729. The van der Waals surface area contributed by atoms with Gasteiger partial charge in [-0.2, -0.15) is 0 Å². The van der Waals surface area contributed by atoms with Crippen LogP contribution >= 0.6 is 11.3 Å². The van der Waals surface area contributed by atoms with Crippen molar-refractivity contribution in [2.24, 2.45) is 0 Å². The summed E-state index contributed by atoms with van der Waals surface area (Å²) in [4.78, 5) is 18.9. The molecule has 9 heteroatoms. The fourth-order valence-corrected chi connectivity index (χ4v) is 1.54. The van der Waals surface area contributed by atoms with Crippen molar-refractivity contribution in [3.8, 4) is 0 Å². The summed E-state index contributed by atoms with van der Waals surface area (Å²) < 4.78 is 0. The van der Waals surface area contributed by atoms with Crippen molar-refractivity contribution >= 4 is 32.7 Å². The topological polar surface area (TPSA) is 138 Å². The maximum absolute atomic E-state index is 10.3. The van der Waals surface area contributed by atoms with Gasteiger partial charge in [-0.15, -0.1) is 0 Å². The number of hydrogen-bond donors (Lipinski definition) is 2. The smallest absolute Gasteiger partial charge is 0.356 e. The molecule has 4 N–H and O–H groups in total. The lowest BCUT2D eigenvalue weighted by molar-refractivity contribution is -0.388. The van der Waals surface area contributed by atoms with Crippen molar-refractivity contribution in [3.05, 3.63) is 20.2 Å². The monoisotopic (exact) mass is 204 g/mol. The molecule has 0 aliphatic heterocycles. The second-order valence-corrected chi connectivity index (χ2v) is 3.08. The number of nitrogens with zero attached hydrogens (tertiary/aromatic N) is 2. The highest BCUT2D eigenvalue weighted by Crippen LogP contribution is 2.44. The van der Waals surface area contributed by atoms with E-state index in [1.807, 2.05) is 0 Å². The van der Waals surface area contributed by atoms with Crippen molar-refractivity contribution in [1.82, 2.24) is 0 Å². The maximum Gasteiger partial charge on any atom is 0.356 e. The minimum Gasteiger partial charge on any atom is -0.387 e. The average molecular weight is 204 g/mol. The minimum atomic E-state index is -0.839. The van der Waals surface area contributed by atoms with Gasteiger partial charge in [0, 0.05) is 0 Å². The summed E-state index contributed by atoms with van der Waals surface area (Å²) in [6.45, 7) is 0. The van der Waals surface area contributed by atoms with E-state index in [0.717, 1.165) is 0 Å². The SMILES string of the molecule is Nc1sc([N+](=O)[O-])c(N)c1[N+](=O)[O-]. The van der Waals surface area contributed by atoms with Crippen LogP contribution in [0.25, 0.3) is 0 Å². The van der Waals surface area contributed by atoms with E-state index in [1.54, 1.807) is 0 Å². The van der Waals surface area contributed by atoms with Crippen LogP contribution in [0.5, 0.6) is 0 Å². The number of hydrogen-bond acceptors (Lipinski definition) is 7. The summed E-state index contributed by atoms with van der Waals surface area (Å²) in [7, 11) is 0. The van der Waals surface area contributed by atoms with Crippen LogP contribution in [0.3, 0.4) is 0 Å². The van der Waals surface area contributed by atoms with Gasteiger partial charge >= 0.3 is 10.7 Å². The van der Waals surface area contributed by atoms with Crippen LogP contribution in [-0.4, -0.2) is 9.85 Å². The lowest BCUT2D eigenvalue weighted by Crippen LogP contribution is -1.96. The number of thiophene rings is 1. The highest BCUT2D eigenvalue weighted by Gasteiger charge is 2.30. The molecule has 1 aromatic rings. The molecule has 1 aromatic heterocycles. The van der Waals surface area contributed by atoms with Crippen molar-refractivity contribution in [2.75, 3.05) is 11.5 Å². The molecule has 0 aliphatic rings. The molecule has 13 heavy (non-hydrogen) atoms. The molecule has 0 aliphatic carbocycles. The molecule has 0 aromatic carbocycles. The Hall–Kier alpha value is -1.90. The molecule has 0 unspecified atom stereocenters. The molecule has 0 radical (unpaired) electrons. The van der Waals surface area contributed by atoms with Gasteiger partial charge in [-0.3, -0.25) is 20.2 Å². The molecular weight excluding hydrogens is 200 g/mol. The second kappa shape index (κ2) is 2.86. The molecule has 0 saturated carbocycles. The van der Waals surface area contributed by atoms with Gasteiger partial charge in [0.25, 0.3) is 0 Å². The van der Waals surface area contributed by atoms with Gasteiger partial charge in [-0.05, 0) is 11.3 Å². The van der Waals surface area contributed by atoms with Gasteiger partial charge in [-0.25, -0.2) is 0 Å². The molecule has 1 heterocycles. The summed E-state index contributed by atoms with van der Waals surface area (Å²) in [6.07, 6.45) is 0. The molecule has 0 saturated heterocycles. The lowest BCUT2D eigenvalue weighted by Gasteiger charge is -1.88. The molecule has 0 amide bonds. The van der Waals surface area contributed by atoms with E-state index < -0.39 is 26.2 Å². The normalized spacial score (nSPS) is 9.85. The Bertz CT molecular complexity index is 386. The number of nitrogens with two attached hydrogens (primary N) is 2. The van der Waals surface area contributed by atoms with Crippen LogP contribution in [-0.2, 0) is 0 Å². The zero-order valence-electron chi connectivity index (χ0n) is 6.09. The Morgan fingerprint density at radius 1 is 1.15 bits per heavy atom. The summed E-state index contributed by atoms with van der Waals surface area (Å²) in [5.74, 6) is 0. The Kier molecular flexibility index (Phi) is 2.02. The molecule has 8 nitrogen and oxygen atoms in total. The quantitative estimate of drug-likeness (QED) is 0.537. The van der Waals surface area contributed by atoms with Crippen LogP contribution in [0, 0.1) is 20.2 Å². The first kappa shape index (κ1) is 9.19. The average Bonchev–Trinajstić information content (AvgIpc) is 2.26. The van der Waals surface area contributed by atoms with Crippen molar-refractivity contribution in [1.29, 1.82) is 0 Å². The van der Waals surface area contributed by atoms with Crippen molar-refractivity contribution in [3.63, 3.8) is 0 Å². The maximum atomic E-state index is 10.3. The van der Waals surface area contributed by atoms with Gasteiger partial charge in [0.05, 0.1) is 9.85 Å². The number of nitrogen functional groups attached to an aromatic ring is 2. The van der Waals surface area contributed by atoms with E-state index in [-0.39, 0.29) is 5.00 Å². The van der Waals surface area contributed by atoms with Gasteiger partial charge in [0.2, 0.25) is 5.69 Å². The number of anilines is 2.